The van der Waals surface area contributed by atoms with Gasteiger partial charge in [-0.25, -0.2) is 0 Å². The van der Waals surface area contributed by atoms with E-state index in [0.717, 1.165) is 6.54 Å². The molecule has 1 heterocycles. The van der Waals surface area contributed by atoms with Crippen molar-refractivity contribution < 1.29 is 0 Å². The highest BCUT2D eigenvalue weighted by molar-refractivity contribution is 7.12. The molecule has 0 fully saturated rings. The first kappa shape index (κ1) is 9.75. The van der Waals surface area contributed by atoms with Gasteiger partial charge in [-0.1, -0.05) is 20.8 Å². The average Bonchev–Trinajstić information content (AvgIpc) is 2.35. The van der Waals surface area contributed by atoms with Crippen LogP contribution in [0.15, 0.2) is 12.1 Å². The molecule has 0 spiro atoms. The molecule has 0 aliphatic heterocycles. The topological polar surface area (TPSA) is 12.0 Å². The van der Waals surface area contributed by atoms with Crippen molar-refractivity contribution in [1.29, 1.82) is 0 Å². The first-order chi connectivity index (χ1) is 5.54. The van der Waals surface area contributed by atoms with E-state index in [1.54, 1.807) is 0 Å². The van der Waals surface area contributed by atoms with Crippen LogP contribution in [0.1, 0.15) is 30.5 Å². The predicted molar refractivity (Wildman–Crippen MR) is 55.8 cm³/mol. The molecule has 0 aromatic carbocycles. The lowest BCUT2D eigenvalue weighted by molar-refractivity contribution is 0.604. The predicted octanol–water partition coefficient (Wildman–Crippen LogP) is 2.77. The molecule has 0 aliphatic rings. The second-order valence-corrected chi connectivity index (χ2v) is 5.21. The summed E-state index contributed by atoms with van der Waals surface area (Å²) in [6, 6.07) is 4.44. The average molecular weight is 183 g/mol. The standard InChI is InChI=1S/C10H17NS/c1-10(2,3)9-6-5-8(12-9)7-11-4/h5-6,11H,7H2,1-4H3. The lowest BCUT2D eigenvalue weighted by Crippen LogP contribution is -2.08. The second kappa shape index (κ2) is 3.58. The van der Waals surface area contributed by atoms with Gasteiger partial charge in [-0.3, -0.25) is 0 Å². The Bertz CT molecular complexity index is 245. The molecule has 0 atom stereocenters. The van der Waals surface area contributed by atoms with Gasteiger partial charge >= 0.3 is 0 Å². The van der Waals surface area contributed by atoms with Crippen molar-refractivity contribution in [3.8, 4) is 0 Å². The van der Waals surface area contributed by atoms with Crippen molar-refractivity contribution in [1.82, 2.24) is 5.32 Å². The van der Waals surface area contributed by atoms with E-state index in [9.17, 15) is 0 Å². The molecule has 0 saturated heterocycles. The zero-order valence-corrected chi connectivity index (χ0v) is 9.09. The zero-order chi connectivity index (χ0) is 9.19. The minimum Gasteiger partial charge on any atom is -0.315 e. The first-order valence-corrected chi connectivity index (χ1v) is 5.09. The SMILES string of the molecule is CNCc1ccc(C(C)(C)C)s1. The molecule has 1 aromatic heterocycles. The van der Waals surface area contributed by atoms with Crippen LogP contribution < -0.4 is 5.32 Å². The molecular formula is C10H17NS. The first-order valence-electron chi connectivity index (χ1n) is 4.28. The van der Waals surface area contributed by atoms with Crippen molar-refractivity contribution in [3.63, 3.8) is 0 Å². The molecule has 1 nitrogen and oxygen atoms in total. The normalized spacial score (nSPS) is 12.0. The summed E-state index contributed by atoms with van der Waals surface area (Å²) in [6.45, 7) is 7.74. The third-order valence-corrected chi connectivity index (χ3v) is 3.26. The molecule has 0 bridgehead atoms. The summed E-state index contributed by atoms with van der Waals surface area (Å²) in [4.78, 5) is 2.88. The van der Waals surface area contributed by atoms with Gasteiger partial charge in [-0.05, 0) is 24.6 Å². The van der Waals surface area contributed by atoms with Crippen LogP contribution >= 0.6 is 11.3 Å². The van der Waals surface area contributed by atoms with Crippen molar-refractivity contribution in [2.24, 2.45) is 0 Å². The smallest absolute Gasteiger partial charge is 0.0296 e. The van der Waals surface area contributed by atoms with Crippen molar-refractivity contribution in [2.45, 2.75) is 32.7 Å². The van der Waals surface area contributed by atoms with E-state index in [1.165, 1.54) is 9.75 Å². The Hall–Kier alpha value is -0.340. The molecule has 68 valence electrons. The number of thiophene rings is 1. The maximum Gasteiger partial charge on any atom is 0.0296 e. The van der Waals surface area contributed by atoms with E-state index < -0.39 is 0 Å². The lowest BCUT2D eigenvalue weighted by atomic mass is 9.95. The fourth-order valence-electron chi connectivity index (χ4n) is 1.05. The molecule has 1 N–H and O–H groups in total. The zero-order valence-electron chi connectivity index (χ0n) is 8.27. The van der Waals surface area contributed by atoms with Crippen molar-refractivity contribution >= 4 is 11.3 Å². The third-order valence-electron chi connectivity index (χ3n) is 1.75. The van der Waals surface area contributed by atoms with Gasteiger partial charge in [0.2, 0.25) is 0 Å². The summed E-state index contributed by atoms with van der Waals surface area (Å²) < 4.78 is 0. The molecule has 0 aliphatic carbocycles. The fourth-order valence-corrected chi connectivity index (χ4v) is 2.13. The van der Waals surface area contributed by atoms with Crippen LogP contribution in [-0.2, 0) is 12.0 Å². The number of rotatable bonds is 2. The van der Waals surface area contributed by atoms with E-state index in [0.29, 0.717) is 5.41 Å². The van der Waals surface area contributed by atoms with Crippen molar-refractivity contribution in [3.05, 3.63) is 21.9 Å². The lowest BCUT2D eigenvalue weighted by Gasteiger charge is -2.15. The minimum atomic E-state index is 0.302. The van der Waals surface area contributed by atoms with E-state index in [2.05, 4.69) is 38.2 Å². The number of nitrogens with one attached hydrogen (secondary N) is 1. The number of hydrogen-bond acceptors (Lipinski definition) is 2. The van der Waals surface area contributed by atoms with Gasteiger partial charge in [-0.15, -0.1) is 11.3 Å². The summed E-state index contributed by atoms with van der Waals surface area (Å²) in [7, 11) is 1.98. The Morgan fingerprint density at radius 1 is 1.33 bits per heavy atom. The molecule has 0 saturated carbocycles. The Balaban J connectivity index is 2.77. The summed E-state index contributed by atoms with van der Waals surface area (Å²) in [5.74, 6) is 0. The van der Waals surface area contributed by atoms with E-state index in [1.807, 2.05) is 18.4 Å². The molecule has 1 rings (SSSR count). The molecule has 12 heavy (non-hydrogen) atoms. The summed E-state index contributed by atoms with van der Waals surface area (Å²) in [5, 5.41) is 3.16. The highest BCUT2D eigenvalue weighted by atomic mass is 32.1. The monoisotopic (exact) mass is 183 g/mol. The molecule has 0 radical (unpaired) electrons. The Morgan fingerprint density at radius 3 is 2.42 bits per heavy atom. The van der Waals surface area contributed by atoms with Crippen LogP contribution in [0.2, 0.25) is 0 Å². The fraction of sp³-hybridized carbons (Fsp3) is 0.600. The second-order valence-electron chi connectivity index (χ2n) is 4.05. The van der Waals surface area contributed by atoms with Gasteiger partial charge in [0.1, 0.15) is 0 Å². The molecule has 0 amide bonds. The number of hydrogen-bond donors (Lipinski definition) is 1. The van der Waals surface area contributed by atoms with Gasteiger partial charge in [-0.2, -0.15) is 0 Å². The van der Waals surface area contributed by atoms with Crippen LogP contribution in [-0.4, -0.2) is 7.05 Å². The highest BCUT2D eigenvalue weighted by Crippen LogP contribution is 2.29. The van der Waals surface area contributed by atoms with Crippen LogP contribution in [0.4, 0.5) is 0 Å². The Kier molecular flexibility index (Phi) is 2.91. The van der Waals surface area contributed by atoms with Gasteiger partial charge in [0.15, 0.2) is 0 Å². The van der Waals surface area contributed by atoms with E-state index in [4.69, 9.17) is 0 Å². The maximum absolute atomic E-state index is 3.16. The summed E-state index contributed by atoms with van der Waals surface area (Å²) >= 11 is 1.90. The van der Waals surface area contributed by atoms with Gasteiger partial charge in [0.05, 0.1) is 0 Å². The van der Waals surface area contributed by atoms with Gasteiger partial charge in [0, 0.05) is 16.3 Å². The molecular weight excluding hydrogens is 166 g/mol. The molecule has 2 heteroatoms. The molecule has 1 aromatic rings. The van der Waals surface area contributed by atoms with Crippen LogP contribution in [0.25, 0.3) is 0 Å². The molecule has 0 unspecified atom stereocenters. The van der Waals surface area contributed by atoms with Crippen LogP contribution in [0.5, 0.6) is 0 Å². The Morgan fingerprint density at radius 2 is 2.00 bits per heavy atom. The van der Waals surface area contributed by atoms with Gasteiger partial charge < -0.3 is 5.32 Å². The quantitative estimate of drug-likeness (QED) is 0.743. The van der Waals surface area contributed by atoms with E-state index >= 15 is 0 Å². The minimum absolute atomic E-state index is 0.302. The van der Waals surface area contributed by atoms with E-state index in [-0.39, 0.29) is 0 Å². The summed E-state index contributed by atoms with van der Waals surface area (Å²) in [5.41, 5.74) is 0.302. The third kappa shape index (κ3) is 2.32. The highest BCUT2D eigenvalue weighted by Gasteiger charge is 2.15. The largest absolute Gasteiger partial charge is 0.315 e. The van der Waals surface area contributed by atoms with Crippen LogP contribution in [0.3, 0.4) is 0 Å². The van der Waals surface area contributed by atoms with Crippen molar-refractivity contribution in [2.75, 3.05) is 7.05 Å². The Labute approximate surface area is 78.8 Å². The van der Waals surface area contributed by atoms with Crippen LogP contribution in [0, 0.1) is 0 Å². The summed E-state index contributed by atoms with van der Waals surface area (Å²) in [6.07, 6.45) is 0. The van der Waals surface area contributed by atoms with Gasteiger partial charge in [0.25, 0.3) is 0 Å². The maximum atomic E-state index is 3.16.